The number of nitrogens with zero attached hydrogens (tertiary/aromatic N) is 1. The molecule has 5 nitrogen and oxygen atoms in total. The minimum Gasteiger partial charge on any atom is -0.354 e. The van der Waals surface area contributed by atoms with E-state index in [0.29, 0.717) is 10.6 Å². The third-order valence-electron chi connectivity index (χ3n) is 3.97. The van der Waals surface area contributed by atoms with Gasteiger partial charge in [0, 0.05) is 24.0 Å². The molecular weight excluding hydrogens is 404 g/mol. The molecule has 1 N–H and O–H groups in total. The monoisotopic (exact) mass is 420 g/mol. The van der Waals surface area contributed by atoms with Crippen molar-refractivity contribution >= 4 is 38.7 Å². The van der Waals surface area contributed by atoms with Crippen molar-refractivity contribution in [3.05, 3.63) is 82.5 Å². The predicted molar refractivity (Wildman–Crippen MR) is 107 cm³/mol. The van der Waals surface area contributed by atoms with Crippen molar-refractivity contribution in [3.63, 3.8) is 0 Å². The number of halogens is 1. The van der Waals surface area contributed by atoms with Gasteiger partial charge < -0.3 is 5.32 Å². The summed E-state index contributed by atoms with van der Waals surface area (Å²) in [5, 5.41) is 4.14. The summed E-state index contributed by atoms with van der Waals surface area (Å²) >= 11 is 7.00. The Bertz CT molecular complexity index is 989. The molecule has 2 aromatic heterocycles. The van der Waals surface area contributed by atoms with Crippen LogP contribution in [0.1, 0.15) is 16.4 Å². The molecule has 27 heavy (non-hydrogen) atoms. The largest absolute Gasteiger partial charge is 0.354 e. The minimum atomic E-state index is -3.64. The van der Waals surface area contributed by atoms with Gasteiger partial charge in [0.15, 0.2) is 9.84 Å². The molecule has 1 unspecified atom stereocenters. The number of amides is 1. The van der Waals surface area contributed by atoms with Crippen molar-refractivity contribution < 1.29 is 13.2 Å². The van der Waals surface area contributed by atoms with Gasteiger partial charge in [-0.25, -0.2) is 8.42 Å². The van der Waals surface area contributed by atoms with E-state index in [1.807, 2.05) is 0 Å². The summed E-state index contributed by atoms with van der Waals surface area (Å²) in [6.45, 7) is -0.0294. The zero-order chi connectivity index (χ0) is 19.3. The lowest BCUT2D eigenvalue weighted by Crippen LogP contribution is -2.32. The van der Waals surface area contributed by atoms with Gasteiger partial charge in [-0.15, -0.1) is 11.3 Å². The number of sulfone groups is 1. The molecule has 3 rings (SSSR count). The van der Waals surface area contributed by atoms with E-state index in [1.165, 1.54) is 6.20 Å². The SMILES string of the molecule is O=C(Cc1ccc(Cl)cc1)NCC(c1cccnc1)S(=O)(=O)c1cccs1. The van der Waals surface area contributed by atoms with Gasteiger partial charge in [-0.3, -0.25) is 9.78 Å². The summed E-state index contributed by atoms with van der Waals surface area (Å²) < 4.78 is 26.3. The summed E-state index contributed by atoms with van der Waals surface area (Å²) in [5.41, 5.74) is 1.34. The van der Waals surface area contributed by atoms with Gasteiger partial charge in [0.2, 0.25) is 5.91 Å². The van der Waals surface area contributed by atoms with Gasteiger partial charge in [0.05, 0.1) is 6.42 Å². The highest BCUT2D eigenvalue weighted by molar-refractivity contribution is 7.93. The maximum atomic E-state index is 13.0. The Morgan fingerprint density at radius 2 is 1.93 bits per heavy atom. The van der Waals surface area contributed by atoms with Crippen LogP contribution in [0, 0.1) is 0 Å². The normalized spacial score (nSPS) is 12.5. The molecule has 0 aliphatic heterocycles. The van der Waals surface area contributed by atoms with E-state index in [1.54, 1.807) is 60.1 Å². The number of aromatic nitrogens is 1. The van der Waals surface area contributed by atoms with Crippen molar-refractivity contribution in [1.29, 1.82) is 0 Å². The zero-order valence-corrected chi connectivity index (χ0v) is 16.6. The van der Waals surface area contributed by atoms with Crippen LogP contribution in [0.2, 0.25) is 5.02 Å². The molecule has 1 amide bonds. The van der Waals surface area contributed by atoms with Gasteiger partial charge >= 0.3 is 0 Å². The first kappa shape index (κ1) is 19.5. The Morgan fingerprint density at radius 3 is 2.56 bits per heavy atom. The number of benzene rings is 1. The van der Waals surface area contributed by atoms with Crippen LogP contribution in [0.4, 0.5) is 0 Å². The standard InChI is InChI=1S/C19H17ClN2O3S2/c20-16-7-5-14(6-8-16)11-18(23)22-13-17(15-3-1-9-21-12-15)27(24,25)19-4-2-10-26-19/h1-10,12,17H,11,13H2,(H,22,23). The lowest BCUT2D eigenvalue weighted by atomic mass is 10.1. The summed E-state index contributed by atoms with van der Waals surface area (Å²) in [6, 6.07) is 13.6. The maximum Gasteiger partial charge on any atom is 0.224 e. The highest BCUT2D eigenvalue weighted by Crippen LogP contribution is 2.30. The number of hydrogen-bond acceptors (Lipinski definition) is 5. The Labute approximate surface area is 167 Å². The van der Waals surface area contributed by atoms with Crippen molar-refractivity contribution in [2.24, 2.45) is 0 Å². The van der Waals surface area contributed by atoms with Gasteiger partial charge in [-0.1, -0.05) is 35.9 Å². The van der Waals surface area contributed by atoms with E-state index in [-0.39, 0.29) is 23.1 Å². The third-order valence-corrected chi connectivity index (χ3v) is 7.75. The lowest BCUT2D eigenvalue weighted by Gasteiger charge is -2.18. The van der Waals surface area contributed by atoms with Crippen LogP contribution < -0.4 is 5.32 Å². The number of hydrogen-bond donors (Lipinski definition) is 1. The smallest absolute Gasteiger partial charge is 0.224 e. The number of thiophene rings is 1. The van der Waals surface area contributed by atoms with Gasteiger partial charge in [0.25, 0.3) is 0 Å². The molecule has 0 saturated carbocycles. The van der Waals surface area contributed by atoms with Crippen LogP contribution >= 0.6 is 22.9 Å². The quantitative estimate of drug-likeness (QED) is 0.632. The zero-order valence-electron chi connectivity index (χ0n) is 14.2. The molecule has 0 saturated heterocycles. The minimum absolute atomic E-state index is 0.0294. The van der Waals surface area contributed by atoms with Crippen LogP contribution in [-0.4, -0.2) is 25.9 Å². The van der Waals surface area contributed by atoms with Crippen LogP contribution in [0.25, 0.3) is 0 Å². The van der Waals surface area contributed by atoms with Crippen LogP contribution in [0.15, 0.2) is 70.5 Å². The van der Waals surface area contributed by atoms with E-state index in [4.69, 9.17) is 11.6 Å². The first-order valence-electron chi connectivity index (χ1n) is 8.15. The van der Waals surface area contributed by atoms with Gasteiger partial charge in [-0.2, -0.15) is 0 Å². The van der Waals surface area contributed by atoms with Gasteiger partial charge in [0.1, 0.15) is 9.46 Å². The predicted octanol–water partition coefficient (Wildman–Crippen LogP) is 3.67. The summed E-state index contributed by atoms with van der Waals surface area (Å²) in [5.74, 6) is -0.257. The molecule has 1 aromatic carbocycles. The summed E-state index contributed by atoms with van der Waals surface area (Å²) in [4.78, 5) is 16.3. The molecule has 0 spiro atoms. The molecule has 8 heteroatoms. The van der Waals surface area contributed by atoms with Crippen LogP contribution in [0.5, 0.6) is 0 Å². The molecule has 0 aliphatic rings. The highest BCUT2D eigenvalue weighted by atomic mass is 35.5. The van der Waals surface area contributed by atoms with Gasteiger partial charge in [-0.05, 0) is 40.8 Å². The molecule has 0 fully saturated rings. The lowest BCUT2D eigenvalue weighted by molar-refractivity contribution is -0.120. The fraction of sp³-hybridized carbons (Fsp3) is 0.158. The highest BCUT2D eigenvalue weighted by Gasteiger charge is 2.30. The molecule has 0 bridgehead atoms. The second-order valence-corrected chi connectivity index (χ2v) is 9.60. The van der Waals surface area contributed by atoms with E-state index in [0.717, 1.165) is 16.9 Å². The summed E-state index contributed by atoms with van der Waals surface area (Å²) in [7, 11) is -3.64. The third kappa shape index (κ3) is 4.94. The fourth-order valence-electron chi connectivity index (χ4n) is 2.60. The number of nitrogens with one attached hydrogen (secondary N) is 1. The van der Waals surface area contributed by atoms with Crippen LogP contribution in [0.3, 0.4) is 0 Å². The Kier molecular flexibility index (Phi) is 6.26. The molecule has 140 valence electrons. The van der Waals surface area contributed by atoms with Crippen molar-refractivity contribution in [2.75, 3.05) is 6.54 Å². The van der Waals surface area contributed by atoms with Crippen molar-refractivity contribution in [3.8, 4) is 0 Å². The average molecular weight is 421 g/mol. The molecule has 1 atom stereocenters. The summed E-state index contributed by atoms with van der Waals surface area (Å²) in [6.07, 6.45) is 3.24. The Balaban J connectivity index is 1.76. The second kappa shape index (κ2) is 8.65. The topological polar surface area (TPSA) is 76.1 Å². The number of pyridine rings is 1. The fourth-order valence-corrected chi connectivity index (χ4v) is 5.57. The Morgan fingerprint density at radius 1 is 1.15 bits per heavy atom. The van der Waals surface area contributed by atoms with E-state index >= 15 is 0 Å². The first-order valence-corrected chi connectivity index (χ1v) is 11.0. The average Bonchev–Trinajstić information content (AvgIpc) is 3.20. The van der Waals surface area contributed by atoms with E-state index < -0.39 is 15.1 Å². The first-order chi connectivity index (χ1) is 13.0. The molecular formula is C19H17ClN2O3S2. The second-order valence-electron chi connectivity index (χ2n) is 5.86. The molecule has 0 radical (unpaired) electrons. The number of rotatable bonds is 7. The number of carbonyl (C=O) groups excluding carboxylic acids is 1. The van der Waals surface area contributed by atoms with E-state index in [2.05, 4.69) is 10.3 Å². The van der Waals surface area contributed by atoms with E-state index in [9.17, 15) is 13.2 Å². The molecule has 3 aromatic rings. The Hall–Kier alpha value is -2.22. The van der Waals surface area contributed by atoms with Crippen molar-refractivity contribution in [2.45, 2.75) is 15.9 Å². The van der Waals surface area contributed by atoms with Crippen molar-refractivity contribution in [1.82, 2.24) is 10.3 Å². The molecule has 0 aliphatic carbocycles. The maximum absolute atomic E-state index is 13.0. The number of carbonyl (C=O) groups is 1. The van der Waals surface area contributed by atoms with Crippen LogP contribution in [-0.2, 0) is 21.1 Å². The molecule has 2 heterocycles.